The third-order valence-electron chi connectivity index (χ3n) is 5.09. The second kappa shape index (κ2) is 8.99. The zero-order chi connectivity index (χ0) is 24.0. The van der Waals surface area contributed by atoms with Gasteiger partial charge >= 0.3 is 19.4 Å². The van der Waals surface area contributed by atoms with Crippen molar-refractivity contribution in [3.63, 3.8) is 0 Å². The van der Waals surface area contributed by atoms with Gasteiger partial charge in [-0.3, -0.25) is 18.1 Å². The SMILES string of the molecule is Nc1ccn([C@@H]2O[C@H](CO[P@]3(=O)OCC[C@H](c4cccc(Cl)c4F)O3)[C@@H](O)C2(F)F)c(=O)n1. The summed E-state index contributed by atoms with van der Waals surface area (Å²) in [5, 5.41) is 9.89. The van der Waals surface area contributed by atoms with E-state index in [2.05, 4.69) is 4.98 Å². The van der Waals surface area contributed by atoms with Crippen LogP contribution in [0.4, 0.5) is 19.0 Å². The maximum absolute atomic E-state index is 14.6. The number of nitrogen functional groups attached to an aromatic ring is 1. The van der Waals surface area contributed by atoms with Crippen LogP contribution in [0.3, 0.4) is 0 Å². The first-order valence-electron chi connectivity index (χ1n) is 9.59. The van der Waals surface area contributed by atoms with E-state index >= 15 is 0 Å². The summed E-state index contributed by atoms with van der Waals surface area (Å²) in [6.45, 7) is -0.986. The molecule has 0 unspecified atom stereocenters. The van der Waals surface area contributed by atoms with Crippen molar-refractivity contribution in [1.29, 1.82) is 0 Å². The fourth-order valence-electron chi connectivity index (χ4n) is 3.43. The number of nitrogens with zero attached hydrogens (tertiary/aromatic N) is 2. The molecule has 2 saturated heterocycles. The Morgan fingerprint density at radius 3 is 2.88 bits per heavy atom. The van der Waals surface area contributed by atoms with Crippen molar-refractivity contribution in [3.8, 4) is 0 Å². The van der Waals surface area contributed by atoms with Crippen LogP contribution in [-0.2, 0) is 22.9 Å². The van der Waals surface area contributed by atoms with Gasteiger partial charge in [-0.05, 0) is 12.1 Å². The molecule has 0 amide bonds. The van der Waals surface area contributed by atoms with Crippen molar-refractivity contribution >= 4 is 25.2 Å². The fraction of sp³-hybridized carbons (Fsp3) is 0.444. The molecule has 0 saturated carbocycles. The van der Waals surface area contributed by atoms with E-state index in [1.807, 2.05) is 0 Å². The second-order valence-corrected chi connectivity index (χ2v) is 9.32. The van der Waals surface area contributed by atoms with E-state index < -0.39 is 56.4 Å². The molecule has 0 aliphatic carbocycles. The van der Waals surface area contributed by atoms with Crippen LogP contribution in [0.2, 0.25) is 5.02 Å². The molecule has 1 aromatic carbocycles. The predicted molar refractivity (Wildman–Crippen MR) is 107 cm³/mol. The third-order valence-corrected chi connectivity index (χ3v) is 6.86. The van der Waals surface area contributed by atoms with Crippen LogP contribution in [0.1, 0.15) is 24.3 Å². The summed E-state index contributed by atoms with van der Waals surface area (Å²) in [5.74, 6) is -4.88. The van der Waals surface area contributed by atoms with Gasteiger partial charge in [-0.1, -0.05) is 23.7 Å². The Morgan fingerprint density at radius 1 is 1.39 bits per heavy atom. The number of benzene rings is 1. The minimum atomic E-state index is -4.34. The number of nitrogens with two attached hydrogens (primary N) is 1. The number of hydrogen-bond donors (Lipinski definition) is 2. The molecular weight excluding hydrogens is 494 g/mol. The monoisotopic (exact) mass is 511 g/mol. The lowest BCUT2D eigenvalue weighted by molar-refractivity contribution is -0.140. The van der Waals surface area contributed by atoms with Gasteiger partial charge in [0, 0.05) is 18.2 Å². The van der Waals surface area contributed by atoms with Gasteiger partial charge in [-0.15, -0.1) is 0 Å². The Bertz CT molecular complexity index is 1150. The van der Waals surface area contributed by atoms with Gasteiger partial charge in [0.1, 0.15) is 17.7 Å². The number of alkyl halides is 2. The van der Waals surface area contributed by atoms with E-state index in [0.29, 0.717) is 4.57 Å². The zero-order valence-electron chi connectivity index (χ0n) is 16.6. The van der Waals surface area contributed by atoms with Crippen LogP contribution in [0.25, 0.3) is 0 Å². The van der Waals surface area contributed by atoms with E-state index in [1.165, 1.54) is 18.2 Å². The lowest BCUT2D eigenvalue weighted by Crippen LogP contribution is -2.42. The number of phosphoric ester groups is 1. The lowest BCUT2D eigenvalue weighted by atomic mass is 10.1. The number of rotatable bonds is 5. The molecule has 3 N–H and O–H groups in total. The first-order valence-corrected chi connectivity index (χ1v) is 11.4. The maximum atomic E-state index is 14.6. The maximum Gasteiger partial charge on any atom is 0.475 e. The first kappa shape index (κ1) is 24.1. The minimum absolute atomic E-state index is 0.0219. The van der Waals surface area contributed by atoms with Crippen molar-refractivity contribution in [3.05, 3.63) is 57.3 Å². The quantitative estimate of drug-likeness (QED) is 0.581. The largest absolute Gasteiger partial charge is 0.475 e. The number of aromatic nitrogens is 2. The summed E-state index contributed by atoms with van der Waals surface area (Å²) in [5.41, 5.74) is 4.26. The molecule has 15 heteroatoms. The highest BCUT2D eigenvalue weighted by Gasteiger charge is 2.60. The van der Waals surface area contributed by atoms with Crippen LogP contribution < -0.4 is 11.4 Å². The van der Waals surface area contributed by atoms with Crippen molar-refractivity contribution in [2.45, 2.75) is 36.9 Å². The number of aliphatic hydroxyl groups excluding tert-OH is 1. The van der Waals surface area contributed by atoms with Gasteiger partial charge in [0.15, 0.2) is 6.10 Å². The summed E-state index contributed by atoms with van der Waals surface area (Å²) in [6, 6.07) is 5.29. The van der Waals surface area contributed by atoms with Crippen molar-refractivity contribution in [2.75, 3.05) is 18.9 Å². The fourth-order valence-corrected chi connectivity index (χ4v) is 5.00. The molecule has 33 heavy (non-hydrogen) atoms. The Hall–Kier alpha value is -1.99. The van der Waals surface area contributed by atoms with Gasteiger partial charge in [-0.2, -0.15) is 13.8 Å². The van der Waals surface area contributed by atoms with Crippen molar-refractivity contribution < 1.29 is 41.2 Å². The summed E-state index contributed by atoms with van der Waals surface area (Å²) in [7, 11) is -4.34. The molecule has 180 valence electrons. The smallest absolute Gasteiger partial charge is 0.384 e. The molecule has 4 rings (SSSR count). The average molecular weight is 512 g/mol. The zero-order valence-corrected chi connectivity index (χ0v) is 18.3. The lowest BCUT2D eigenvalue weighted by Gasteiger charge is -2.30. The Morgan fingerprint density at radius 2 is 2.15 bits per heavy atom. The number of aliphatic hydroxyl groups is 1. The molecule has 2 aliphatic rings. The molecule has 1 aromatic heterocycles. The molecule has 0 spiro atoms. The van der Waals surface area contributed by atoms with Crippen molar-refractivity contribution in [1.82, 2.24) is 9.55 Å². The second-order valence-electron chi connectivity index (χ2n) is 7.29. The van der Waals surface area contributed by atoms with E-state index in [4.69, 9.17) is 35.6 Å². The van der Waals surface area contributed by atoms with E-state index in [1.54, 1.807) is 0 Å². The number of halogens is 4. The van der Waals surface area contributed by atoms with Crippen LogP contribution in [0.5, 0.6) is 0 Å². The molecule has 0 bridgehead atoms. The van der Waals surface area contributed by atoms with Gasteiger partial charge in [-0.25, -0.2) is 13.8 Å². The van der Waals surface area contributed by atoms with Crippen LogP contribution in [-0.4, -0.2) is 46.0 Å². The summed E-state index contributed by atoms with van der Waals surface area (Å²) >= 11 is 5.77. The number of anilines is 1. The van der Waals surface area contributed by atoms with Crippen LogP contribution in [0, 0.1) is 5.82 Å². The molecule has 2 aromatic rings. The topological polar surface area (TPSA) is 135 Å². The molecule has 10 nitrogen and oxygen atoms in total. The van der Waals surface area contributed by atoms with Crippen LogP contribution >= 0.6 is 19.4 Å². The molecule has 2 fully saturated rings. The summed E-state index contributed by atoms with van der Waals surface area (Å²) in [4.78, 5) is 15.3. The molecule has 5 atom stereocenters. The van der Waals surface area contributed by atoms with Gasteiger partial charge in [0.05, 0.1) is 24.3 Å². The molecule has 2 aliphatic heterocycles. The van der Waals surface area contributed by atoms with E-state index in [0.717, 1.165) is 12.3 Å². The minimum Gasteiger partial charge on any atom is -0.384 e. The van der Waals surface area contributed by atoms with Gasteiger partial charge in [0.2, 0.25) is 6.23 Å². The molecule has 3 heterocycles. The third kappa shape index (κ3) is 4.67. The Balaban J connectivity index is 1.47. The first-order chi connectivity index (χ1) is 15.5. The standard InChI is InChI=1S/C18H18ClF3N3O7P/c19-10-3-1-2-9(14(10)20)11-5-7-29-33(28,32-11)30-8-12-15(26)18(21,22)16(31-12)25-6-4-13(23)24-17(25)27/h1-4,6,11-12,15-16,26H,5,7-8H2,(H2,23,24,27)/t11-,12-,15-,16-,33+/m1/s1. The normalized spacial score (nSPS) is 31.5. The molecule has 0 radical (unpaired) electrons. The highest BCUT2D eigenvalue weighted by Crippen LogP contribution is 2.58. The number of phosphoric acid groups is 1. The summed E-state index contributed by atoms with van der Waals surface area (Å²) < 4.78 is 77.4. The Kier molecular flexibility index (Phi) is 6.58. The highest BCUT2D eigenvalue weighted by atomic mass is 35.5. The van der Waals surface area contributed by atoms with Gasteiger partial charge < -0.3 is 15.6 Å². The van der Waals surface area contributed by atoms with Gasteiger partial charge in [0.25, 0.3) is 0 Å². The average Bonchev–Trinajstić information content (AvgIpc) is 2.98. The van der Waals surface area contributed by atoms with E-state index in [9.17, 15) is 27.6 Å². The van der Waals surface area contributed by atoms with Crippen LogP contribution in [0.15, 0.2) is 35.3 Å². The predicted octanol–water partition coefficient (Wildman–Crippen LogP) is 2.81. The summed E-state index contributed by atoms with van der Waals surface area (Å²) in [6.07, 6.45) is -6.32. The number of ether oxygens (including phenoxy) is 1. The molecular formula is C18H18ClF3N3O7P. The van der Waals surface area contributed by atoms with Crippen molar-refractivity contribution in [2.24, 2.45) is 0 Å². The number of hydrogen-bond acceptors (Lipinski definition) is 9. The van der Waals surface area contributed by atoms with E-state index in [-0.39, 0.29) is 29.4 Å². The highest BCUT2D eigenvalue weighted by molar-refractivity contribution is 7.48. The Labute approximate surface area is 189 Å².